The first kappa shape index (κ1) is 21.0. The largest absolute Gasteiger partial charge is 0.307 e. The molecule has 0 spiro atoms. The number of hydrogen-bond acceptors (Lipinski definition) is 4. The van der Waals surface area contributed by atoms with E-state index in [1.54, 1.807) is 0 Å². The van der Waals surface area contributed by atoms with Crippen LogP contribution >= 0.6 is 0 Å². The molecule has 0 saturated carbocycles. The summed E-state index contributed by atoms with van der Waals surface area (Å²) in [6, 6.07) is 20.8. The Morgan fingerprint density at radius 1 is 1.10 bits per heavy atom. The van der Waals surface area contributed by atoms with E-state index >= 15 is 0 Å². The van der Waals surface area contributed by atoms with Crippen molar-refractivity contribution in [3.05, 3.63) is 78.1 Å². The molecule has 2 atom stereocenters. The summed E-state index contributed by atoms with van der Waals surface area (Å²) in [5.74, 6) is -0.107. The summed E-state index contributed by atoms with van der Waals surface area (Å²) in [5, 5.41) is 17.3. The molecule has 1 aromatic heterocycles. The first-order valence-corrected chi connectivity index (χ1v) is 11.0. The van der Waals surface area contributed by atoms with Gasteiger partial charge in [-0.25, -0.2) is 0 Å². The highest BCUT2D eigenvalue weighted by molar-refractivity contribution is 5.84. The summed E-state index contributed by atoms with van der Waals surface area (Å²) in [7, 11) is 0. The van der Waals surface area contributed by atoms with Gasteiger partial charge in [-0.3, -0.25) is 9.48 Å². The van der Waals surface area contributed by atoms with Crippen molar-refractivity contribution < 1.29 is 4.79 Å². The summed E-state index contributed by atoms with van der Waals surface area (Å²) in [6.07, 6.45) is 7.96. The second kappa shape index (κ2) is 10.2. The van der Waals surface area contributed by atoms with Gasteiger partial charge in [-0.05, 0) is 42.5 Å². The molecule has 0 bridgehead atoms. The number of piperidine rings is 1. The topological polar surface area (TPSA) is 70.7 Å². The van der Waals surface area contributed by atoms with E-state index in [9.17, 15) is 10.1 Å². The molecule has 158 valence electrons. The lowest BCUT2D eigenvalue weighted by Crippen LogP contribution is -2.41. The Balaban J connectivity index is 1.35. The third-order valence-corrected chi connectivity index (χ3v) is 5.92. The average Bonchev–Trinajstić information content (AvgIpc) is 3.28. The number of nitrogens with one attached hydrogen (secondary N) is 1. The second-order valence-electron chi connectivity index (χ2n) is 8.31. The van der Waals surface area contributed by atoms with E-state index in [1.165, 1.54) is 5.56 Å². The number of ketones is 1. The first-order chi connectivity index (χ1) is 15.2. The van der Waals surface area contributed by atoms with Crippen LogP contribution in [0.2, 0.25) is 0 Å². The Bertz CT molecular complexity index is 1030. The van der Waals surface area contributed by atoms with E-state index in [0.29, 0.717) is 12.8 Å². The van der Waals surface area contributed by atoms with Gasteiger partial charge in [0.1, 0.15) is 0 Å². The van der Waals surface area contributed by atoms with E-state index in [-0.39, 0.29) is 17.7 Å². The highest BCUT2D eigenvalue weighted by Gasteiger charge is 2.23. The number of hydrogen-bond donors (Lipinski definition) is 1. The van der Waals surface area contributed by atoms with Crippen LogP contribution in [0.5, 0.6) is 0 Å². The van der Waals surface area contributed by atoms with E-state index in [4.69, 9.17) is 0 Å². The molecule has 5 heteroatoms. The highest BCUT2D eigenvalue weighted by Crippen LogP contribution is 2.22. The molecule has 1 N–H and O–H groups in total. The highest BCUT2D eigenvalue weighted by atomic mass is 16.1. The maximum Gasteiger partial charge on any atom is 0.151 e. The van der Waals surface area contributed by atoms with Crippen molar-refractivity contribution in [2.45, 2.75) is 44.7 Å². The van der Waals surface area contributed by atoms with Gasteiger partial charge in [-0.15, -0.1) is 0 Å². The first-order valence-electron chi connectivity index (χ1n) is 11.0. The lowest BCUT2D eigenvalue weighted by atomic mass is 9.90. The van der Waals surface area contributed by atoms with Crippen molar-refractivity contribution in [1.82, 2.24) is 15.1 Å². The Morgan fingerprint density at radius 3 is 2.61 bits per heavy atom. The van der Waals surface area contributed by atoms with Crippen LogP contribution in [0.4, 0.5) is 0 Å². The van der Waals surface area contributed by atoms with Crippen LogP contribution < -0.4 is 5.32 Å². The van der Waals surface area contributed by atoms with Gasteiger partial charge >= 0.3 is 0 Å². The molecule has 4 rings (SSSR count). The Morgan fingerprint density at radius 2 is 1.90 bits per heavy atom. The fraction of sp³-hybridized carbons (Fsp3) is 0.346. The predicted octanol–water partition coefficient (Wildman–Crippen LogP) is 4.38. The summed E-state index contributed by atoms with van der Waals surface area (Å²) in [5.41, 5.74) is 4.46. The van der Waals surface area contributed by atoms with Gasteiger partial charge in [0.05, 0.1) is 30.8 Å². The molecule has 3 aromatic rings. The standard InChI is InChI=1S/C26H28N4O/c27-16-22(15-26(31)25-8-4-5-13-28-25)14-20-9-11-23(12-10-20)24-17-29-30(19-24)18-21-6-2-1-3-7-21/h1-3,6-7,9-12,17,19,22,25,28H,4-5,8,13-15,18H2/t22-,25+/m1/s1. The van der Waals surface area contributed by atoms with Crippen molar-refractivity contribution in [3.63, 3.8) is 0 Å². The van der Waals surface area contributed by atoms with Crippen LogP contribution in [-0.2, 0) is 17.8 Å². The fourth-order valence-electron chi connectivity index (χ4n) is 4.16. The fourth-order valence-corrected chi connectivity index (χ4v) is 4.16. The molecule has 31 heavy (non-hydrogen) atoms. The third kappa shape index (κ3) is 5.68. The Labute approximate surface area is 183 Å². The van der Waals surface area contributed by atoms with Crippen LogP contribution in [0.25, 0.3) is 11.1 Å². The molecule has 1 aliphatic heterocycles. The molecule has 2 aromatic carbocycles. The van der Waals surface area contributed by atoms with Gasteiger partial charge in [0, 0.05) is 18.2 Å². The lowest BCUT2D eigenvalue weighted by molar-refractivity contribution is -0.122. The monoisotopic (exact) mass is 412 g/mol. The number of benzene rings is 2. The van der Waals surface area contributed by atoms with E-state index in [0.717, 1.165) is 49.0 Å². The SMILES string of the molecule is N#C[C@@H](CC(=O)[C@@H]1CCCCN1)Cc1ccc(-c2cnn(Cc3ccccc3)c2)cc1. The van der Waals surface area contributed by atoms with Gasteiger partial charge in [-0.1, -0.05) is 61.0 Å². The van der Waals surface area contributed by atoms with Crippen molar-refractivity contribution >= 4 is 5.78 Å². The minimum Gasteiger partial charge on any atom is -0.307 e. The molecule has 0 amide bonds. The maximum absolute atomic E-state index is 12.5. The molecule has 0 aliphatic carbocycles. The zero-order valence-electron chi connectivity index (χ0n) is 17.7. The van der Waals surface area contributed by atoms with Crippen LogP contribution in [-0.4, -0.2) is 28.2 Å². The third-order valence-electron chi connectivity index (χ3n) is 5.92. The zero-order chi connectivity index (χ0) is 21.5. The lowest BCUT2D eigenvalue weighted by Gasteiger charge is -2.23. The second-order valence-corrected chi connectivity index (χ2v) is 8.31. The number of nitriles is 1. The maximum atomic E-state index is 12.5. The number of carbonyl (C=O) groups excluding carboxylic acids is 1. The number of rotatable bonds is 8. The molecule has 2 heterocycles. The predicted molar refractivity (Wildman–Crippen MR) is 121 cm³/mol. The molecular formula is C26H28N4O. The Kier molecular flexibility index (Phi) is 6.91. The summed E-state index contributed by atoms with van der Waals surface area (Å²) in [4.78, 5) is 12.5. The van der Waals surface area contributed by atoms with Crippen LogP contribution in [0.3, 0.4) is 0 Å². The van der Waals surface area contributed by atoms with Crippen molar-refractivity contribution in [1.29, 1.82) is 5.26 Å². The van der Waals surface area contributed by atoms with Crippen molar-refractivity contribution in [3.8, 4) is 17.2 Å². The van der Waals surface area contributed by atoms with Gasteiger partial charge in [0.2, 0.25) is 0 Å². The summed E-state index contributed by atoms with van der Waals surface area (Å²) in [6.45, 7) is 1.64. The number of carbonyl (C=O) groups is 1. The number of nitrogens with zero attached hydrogens (tertiary/aromatic N) is 3. The molecule has 0 radical (unpaired) electrons. The van der Waals surface area contributed by atoms with Gasteiger partial charge in [0.25, 0.3) is 0 Å². The average molecular weight is 413 g/mol. The Hall–Kier alpha value is -3.23. The molecule has 0 unspecified atom stereocenters. The van der Waals surface area contributed by atoms with E-state index < -0.39 is 0 Å². The molecular weight excluding hydrogens is 384 g/mol. The minimum atomic E-state index is -0.282. The van der Waals surface area contributed by atoms with Gasteiger partial charge in [-0.2, -0.15) is 10.4 Å². The van der Waals surface area contributed by atoms with E-state index in [2.05, 4.69) is 59.1 Å². The van der Waals surface area contributed by atoms with E-state index in [1.807, 2.05) is 29.1 Å². The quantitative estimate of drug-likeness (QED) is 0.596. The summed E-state index contributed by atoms with van der Waals surface area (Å²) >= 11 is 0. The van der Waals surface area contributed by atoms with Crippen LogP contribution in [0.15, 0.2) is 67.0 Å². The number of aromatic nitrogens is 2. The minimum absolute atomic E-state index is 0.0700. The molecule has 1 saturated heterocycles. The smallest absolute Gasteiger partial charge is 0.151 e. The summed E-state index contributed by atoms with van der Waals surface area (Å²) < 4.78 is 1.94. The van der Waals surface area contributed by atoms with Gasteiger partial charge in [0.15, 0.2) is 5.78 Å². The van der Waals surface area contributed by atoms with Gasteiger partial charge < -0.3 is 5.32 Å². The molecule has 5 nitrogen and oxygen atoms in total. The molecule has 1 fully saturated rings. The van der Waals surface area contributed by atoms with Crippen LogP contribution in [0, 0.1) is 17.2 Å². The molecule has 1 aliphatic rings. The normalized spacial score (nSPS) is 17.1. The van der Waals surface area contributed by atoms with Crippen molar-refractivity contribution in [2.75, 3.05) is 6.54 Å². The zero-order valence-corrected chi connectivity index (χ0v) is 17.7. The number of Topliss-reactive ketones (excluding diaryl/α,β-unsaturated/α-hetero) is 1. The van der Waals surface area contributed by atoms with Crippen molar-refractivity contribution in [2.24, 2.45) is 5.92 Å². The van der Waals surface area contributed by atoms with Crippen LogP contribution in [0.1, 0.15) is 36.8 Å².